The summed E-state index contributed by atoms with van der Waals surface area (Å²) in [4.78, 5) is 24.8. The van der Waals surface area contributed by atoms with Crippen molar-refractivity contribution in [2.75, 3.05) is 24.3 Å². The molecule has 0 bridgehead atoms. The maximum atomic E-state index is 12.4. The van der Waals surface area contributed by atoms with Crippen LogP contribution in [0.15, 0.2) is 66.7 Å². The molecule has 3 aromatic carbocycles. The molecular formula is C21H18ClN3O3. The van der Waals surface area contributed by atoms with E-state index in [9.17, 15) is 14.9 Å². The quantitative estimate of drug-likeness (QED) is 0.474. The zero-order chi connectivity index (χ0) is 20.3. The number of rotatable bonds is 5. The summed E-state index contributed by atoms with van der Waals surface area (Å²) in [7, 11) is 3.97. The van der Waals surface area contributed by atoms with E-state index in [0.29, 0.717) is 5.69 Å². The highest BCUT2D eigenvalue weighted by Crippen LogP contribution is 2.26. The Bertz CT molecular complexity index is 1020. The number of carbonyl (C=O) groups excluding carboxylic acids is 1. The van der Waals surface area contributed by atoms with Gasteiger partial charge in [0.25, 0.3) is 11.6 Å². The fraction of sp³-hybridized carbons (Fsp3) is 0.0952. The molecule has 7 heteroatoms. The van der Waals surface area contributed by atoms with Crippen LogP contribution in [0.25, 0.3) is 11.1 Å². The van der Waals surface area contributed by atoms with E-state index < -0.39 is 10.8 Å². The molecule has 0 aliphatic heterocycles. The number of hydrogen-bond acceptors (Lipinski definition) is 4. The molecule has 0 fully saturated rings. The van der Waals surface area contributed by atoms with Gasteiger partial charge in [0.1, 0.15) is 0 Å². The maximum absolute atomic E-state index is 12.4. The van der Waals surface area contributed by atoms with E-state index in [2.05, 4.69) is 5.32 Å². The third-order valence-electron chi connectivity index (χ3n) is 4.27. The summed E-state index contributed by atoms with van der Waals surface area (Å²) in [6.07, 6.45) is 0. The SMILES string of the molecule is CN(C)c1ccc(-c2ccc(NC(=O)c3cc([N+](=O)[O-])ccc3Cl)cc2)cc1. The van der Waals surface area contributed by atoms with Crippen molar-refractivity contribution < 1.29 is 9.72 Å². The summed E-state index contributed by atoms with van der Waals surface area (Å²) in [6, 6.07) is 19.3. The Kier molecular flexibility index (Phi) is 5.61. The topological polar surface area (TPSA) is 75.5 Å². The number of nitro groups is 1. The normalized spacial score (nSPS) is 10.4. The first-order valence-corrected chi connectivity index (χ1v) is 8.86. The number of nitrogens with zero attached hydrogens (tertiary/aromatic N) is 2. The molecule has 0 aliphatic rings. The molecule has 0 aromatic heterocycles. The summed E-state index contributed by atoms with van der Waals surface area (Å²) >= 11 is 6.02. The summed E-state index contributed by atoms with van der Waals surface area (Å²) in [6.45, 7) is 0. The lowest BCUT2D eigenvalue weighted by Crippen LogP contribution is -2.12. The van der Waals surface area contributed by atoms with Gasteiger partial charge >= 0.3 is 0 Å². The van der Waals surface area contributed by atoms with Gasteiger partial charge < -0.3 is 10.2 Å². The first-order valence-electron chi connectivity index (χ1n) is 8.48. The second kappa shape index (κ2) is 8.10. The van der Waals surface area contributed by atoms with Crippen molar-refractivity contribution in [3.05, 3.63) is 87.4 Å². The largest absolute Gasteiger partial charge is 0.378 e. The molecule has 0 unspecified atom stereocenters. The highest BCUT2D eigenvalue weighted by molar-refractivity contribution is 6.34. The molecule has 142 valence electrons. The van der Waals surface area contributed by atoms with E-state index in [1.165, 1.54) is 18.2 Å². The predicted molar refractivity (Wildman–Crippen MR) is 112 cm³/mol. The van der Waals surface area contributed by atoms with Crippen molar-refractivity contribution >= 4 is 34.6 Å². The van der Waals surface area contributed by atoms with Gasteiger partial charge in [-0.25, -0.2) is 0 Å². The number of anilines is 2. The average Bonchev–Trinajstić information content (AvgIpc) is 2.68. The molecular weight excluding hydrogens is 378 g/mol. The molecule has 1 amide bonds. The highest BCUT2D eigenvalue weighted by atomic mass is 35.5. The number of benzene rings is 3. The molecule has 0 heterocycles. The minimum atomic E-state index is -0.566. The van der Waals surface area contributed by atoms with E-state index in [1.54, 1.807) is 12.1 Å². The Balaban J connectivity index is 1.76. The van der Waals surface area contributed by atoms with Gasteiger partial charge in [-0.2, -0.15) is 0 Å². The van der Waals surface area contributed by atoms with Crippen molar-refractivity contribution in [2.45, 2.75) is 0 Å². The lowest BCUT2D eigenvalue weighted by atomic mass is 10.0. The molecule has 0 aliphatic carbocycles. The van der Waals surface area contributed by atoms with Gasteiger partial charge in [-0.15, -0.1) is 0 Å². The van der Waals surface area contributed by atoms with Crippen LogP contribution in [0.2, 0.25) is 5.02 Å². The smallest absolute Gasteiger partial charge is 0.270 e. The monoisotopic (exact) mass is 395 g/mol. The van der Waals surface area contributed by atoms with Gasteiger partial charge in [-0.1, -0.05) is 35.9 Å². The van der Waals surface area contributed by atoms with E-state index >= 15 is 0 Å². The summed E-state index contributed by atoms with van der Waals surface area (Å²) in [5.74, 6) is -0.503. The molecule has 0 saturated carbocycles. The lowest BCUT2D eigenvalue weighted by molar-refractivity contribution is -0.384. The summed E-state index contributed by atoms with van der Waals surface area (Å²) in [5, 5.41) is 13.8. The van der Waals surface area contributed by atoms with Gasteiger partial charge in [0, 0.05) is 37.6 Å². The molecule has 28 heavy (non-hydrogen) atoms. The highest BCUT2D eigenvalue weighted by Gasteiger charge is 2.16. The predicted octanol–water partition coefficient (Wildman–Crippen LogP) is 5.23. The number of halogens is 1. The van der Waals surface area contributed by atoms with E-state index in [1.807, 2.05) is 55.4 Å². The Morgan fingerprint density at radius 1 is 0.964 bits per heavy atom. The van der Waals surface area contributed by atoms with Crippen LogP contribution in [0.4, 0.5) is 17.1 Å². The molecule has 6 nitrogen and oxygen atoms in total. The molecule has 0 spiro atoms. The van der Waals surface area contributed by atoms with Crippen LogP contribution >= 0.6 is 11.6 Å². The van der Waals surface area contributed by atoms with Crippen LogP contribution in [0.3, 0.4) is 0 Å². The van der Waals surface area contributed by atoms with Gasteiger partial charge in [0.15, 0.2) is 0 Å². The average molecular weight is 396 g/mol. The van der Waals surface area contributed by atoms with Crippen molar-refractivity contribution in [3.63, 3.8) is 0 Å². The van der Waals surface area contributed by atoms with Crippen LogP contribution in [0, 0.1) is 10.1 Å². The Labute approximate surface area is 167 Å². The lowest BCUT2D eigenvalue weighted by Gasteiger charge is -2.13. The molecule has 3 rings (SSSR count). The van der Waals surface area contributed by atoms with Crippen molar-refractivity contribution in [2.24, 2.45) is 0 Å². The zero-order valence-electron chi connectivity index (χ0n) is 15.3. The van der Waals surface area contributed by atoms with Crippen LogP contribution in [0.5, 0.6) is 0 Å². The van der Waals surface area contributed by atoms with Gasteiger partial charge in [-0.3, -0.25) is 14.9 Å². The molecule has 0 radical (unpaired) electrons. The molecule has 0 atom stereocenters. The molecule has 0 saturated heterocycles. The number of nitrogens with one attached hydrogen (secondary N) is 1. The first-order chi connectivity index (χ1) is 13.3. The maximum Gasteiger partial charge on any atom is 0.270 e. The second-order valence-corrected chi connectivity index (χ2v) is 6.80. The van der Waals surface area contributed by atoms with E-state index in [4.69, 9.17) is 11.6 Å². The third-order valence-corrected chi connectivity index (χ3v) is 4.59. The number of amides is 1. The Hall–Kier alpha value is -3.38. The minimum absolute atomic E-state index is 0.0548. The fourth-order valence-electron chi connectivity index (χ4n) is 2.70. The van der Waals surface area contributed by atoms with E-state index in [-0.39, 0.29) is 16.3 Å². The van der Waals surface area contributed by atoms with Gasteiger partial charge in [0.2, 0.25) is 0 Å². The second-order valence-electron chi connectivity index (χ2n) is 6.39. The summed E-state index contributed by atoms with van der Waals surface area (Å²) in [5.41, 5.74) is 3.62. The number of nitro benzene ring substituents is 1. The number of non-ortho nitro benzene ring substituents is 1. The van der Waals surface area contributed by atoms with Crippen LogP contribution in [-0.2, 0) is 0 Å². The van der Waals surface area contributed by atoms with Crippen molar-refractivity contribution in [3.8, 4) is 11.1 Å². The van der Waals surface area contributed by atoms with Crippen LogP contribution in [-0.4, -0.2) is 24.9 Å². The third kappa shape index (κ3) is 4.29. The fourth-order valence-corrected chi connectivity index (χ4v) is 2.90. The standard InChI is InChI=1S/C21H18ClN3O3/c1-24(2)17-9-5-15(6-10-17)14-3-7-16(8-4-14)23-21(26)19-13-18(25(27)28)11-12-20(19)22/h3-13H,1-2H3,(H,23,26). The number of hydrogen-bond donors (Lipinski definition) is 1. The van der Waals surface area contributed by atoms with Crippen molar-refractivity contribution in [1.29, 1.82) is 0 Å². The Morgan fingerprint density at radius 3 is 2.07 bits per heavy atom. The minimum Gasteiger partial charge on any atom is -0.378 e. The Morgan fingerprint density at radius 2 is 1.54 bits per heavy atom. The molecule has 1 N–H and O–H groups in total. The number of carbonyl (C=O) groups is 1. The van der Waals surface area contributed by atoms with E-state index in [0.717, 1.165) is 16.8 Å². The van der Waals surface area contributed by atoms with Gasteiger partial charge in [-0.05, 0) is 41.5 Å². The molecule has 3 aromatic rings. The summed E-state index contributed by atoms with van der Waals surface area (Å²) < 4.78 is 0. The van der Waals surface area contributed by atoms with Crippen LogP contribution < -0.4 is 10.2 Å². The van der Waals surface area contributed by atoms with Crippen LogP contribution in [0.1, 0.15) is 10.4 Å². The zero-order valence-corrected chi connectivity index (χ0v) is 16.1. The first kappa shape index (κ1) is 19.4. The van der Waals surface area contributed by atoms with Crippen molar-refractivity contribution in [1.82, 2.24) is 0 Å². The van der Waals surface area contributed by atoms with Gasteiger partial charge in [0.05, 0.1) is 15.5 Å².